The van der Waals surface area contributed by atoms with Crippen LogP contribution in [0, 0.1) is 0 Å². The molecule has 0 aromatic heterocycles. The quantitative estimate of drug-likeness (QED) is 0.128. The fourth-order valence-corrected chi connectivity index (χ4v) is 15.7. The Labute approximate surface area is 285 Å². The maximum atomic E-state index is 7.39. The fourth-order valence-electron chi connectivity index (χ4n) is 6.88. The molecule has 0 fully saturated rings. The molecule has 0 bridgehead atoms. The van der Waals surface area contributed by atoms with Gasteiger partial charge >= 0.3 is 0 Å². The summed E-state index contributed by atoms with van der Waals surface area (Å²) in [4.78, 5) is 0. The number of hydrogen-bond donors (Lipinski definition) is 0. The lowest BCUT2D eigenvalue weighted by Crippen LogP contribution is -2.33. The van der Waals surface area contributed by atoms with Crippen LogP contribution in [0.1, 0.15) is 11.1 Å². The normalized spacial score (nSPS) is 11.7. The summed E-state index contributed by atoms with van der Waals surface area (Å²) in [5.74, 6) is 0. The van der Waals surface area contributed by atoms with Gasteiger partial charge in [0.25, 0.3) is 0 Å². The van der Waals surface area contributed by atoms with Crippen molar-refractivity contribution >= 4 is 58.0 Å². The molecule has 0 spiro atoms. The van der Waals surface area contributed by atoms with Crippen LogP contribution in [0.2, 0.25) is 5.02 Å². The minimum Gasteiger partial charge on any atom is -0.0839 e. The third kappa shape index (κ3) is 6.23. The number of rotatable bonds is 10. The van der Waals surface area contributed by atoms with Crippen LogP contribution >= 0.6 is 26.1 Å². The van der Waals surface area contributed by atoms with E-state index in [1.807, 2.05) is 0 Å². The summed E-state index contributed by atoms with van der Waals surface area (Å²) in [6.07, 6.45) is 1.74. The second-order valence-corrected chi connectivity index (χ2v) is 19.3. The maximum absolute atomic E-state index is 7.39. The van der Waals surface area contributed by atoms with E-state index in [4.69, 9.17) is 11.6 Å². The van der Waals surface area contributed by atoms with Gasteiger partial charge in [0.15, 0.2) is 0 Å². The average molecular weight is 663 g/mol. The third-order valence-corrected chi connectivity index (χ3v) is 18.2. The van der Waals surface area contributed by atoms with Crippen LogP contribution in [0.5, 0.6) is 0 Å². The van der Waals surface area contributed by atoms with Crippen LogP contribution in [-0.2, 0) is 12.3 Å². The van der Waals surface area contributed by atoms with E-state index in [-0.39, 0.29) is 0 Å². The minimum absolute atomic E-state index is 0.835. The van der Waals surface area contributed by atoms with E-state index in [1.165, 1.54) is 43.0 Å². The van der Waals surface area contributed by atoms with Crippen molar-refractivity contribution < 1.29 is 0 Å². The lowest BCUT2D eigenvalue weighted by atomic mass is 10.2. The van der Waals surface area contributed by atoms with Crippen molar-refractivity contribution in [3.05, 3.63) is 216 Å². The molecule has 47 heavy (non-hydrogen) atoms. The van der Waals surface area contributed by atoms with Crippen molar-refractivity contribution in [3.8, 4) is 0 Å². The third-order valence-electron chi connectivity index (χ3n) is 9.13. The predicted molar refractivity (Wildman–Crippen MR) is 209 cm³/mol. The Bertz CT molecular complexity index is 1820. The molecule has 0 radical (unpaired) electrons. The smallest absolute Gasteiger partial charge is 0.0839 e. The number of hydrogen-bond acceptors (Lipinski definition) is 0. The Morgan fingerprint density at radius 2 is 0.596 bits per heavy atom. The monoisotopic (exact) mass is 662 g/mol. The topological polar surface area (TPSA) is 0 Å². The van der Waals surface area contributed by atoms with Gasteiger partial charge < -0.3 is 0 Å². The molecule has 0 saturated carbocycles. The standard InChI is InChI=1S/C44H37ClP2/c45-44-33-36(34-46(38-19-7-1-8-20-38,39-21-9-2-10-22-39)40-23-11-3-12-24-40)31-32-37(44)35-47(41-25-13-4-14-26-41,42-27-15-5-16-28-42)43-29-17-6-18-30-43/h1-33H,34-35H2/q+2. The predicted octanol–water partition coefficient (Wildman–Crippen LogP) is 9.33. The molecule has 0 aliphatic rings. The van der Waals surface area contributed by atoms with Gasteiger partial charge in [0.1, 0.15) is 46.4 Å². The fraction of sp³-hybridized carbons (Fsp3) is 0.0455. The first kappa shape index (κ1) is 31.3. The Balaban J connectivity index is 1.36. The van der Waals surface area contributed by atoms with Gasteiger partial charge in [0, 0.05) is 10.6 Å². The van der Waals surface area contributed by atoms with Gasteiger partial charge in [-0.15, -0.1) is 0 Å². The van der Waals surface area contributed by atoms with Gasteiger partial charge in [0.2, 0.25) is 0 Å². The molecule has 228 valence electrons. The lowest BCUT2D eigenvalue weighted by Gasteiger charge is -2.29. The molecule has 0 atom stereocenters. The Morgan fingerprint density at radius 3 is 0.872 bits per heavy atom. The van der Waals surface area contributed by atoms with E-state index >= 15 is 0 Å². The molecule has 0 saturated heterocycles. The van der Waals surface area contributed by atoms with Crippen LogP contribution < -0.4 is 31.8 Å². The van der Waals surface area contributed by atoms with Crippen LogP contribution in [0.15, 0.2) is 200 Å². The van der Waals surface area contributed by atoms with Crippen molar-refractivity contribution in [1.82, 2.24) is 0 Å². The SMILES string of the molecule is Clc1cc(C[P+](c2ccccc2)(c2ccccc2)c2ccccc2)ccc1C[P+](c1ccccc1)(c1ccccc1)c1ccccc1. The maximum Gasteiger partial charge on any atom is 0.116 e. The van der Waals surface area contributed by atoms with E-state index in [9.17, 15) is 0 Å². The molecule has 3 heteroatoms. The molecular formula is C44H37ClP2+2. The lowest BCUT2D eigenvalue weighted by molar-refractivity contribution is 1.32. The van der Waals surface area contributed by atoms with Gasteiger partial charge in [-0.3, -0.25) is 0 Å². The van der Waals surface area contributed by atoms with Gasteiger partial charge in [0.05, 0.1) is 12.3 Å². The number of halogens is 1. The van der Waals surface area contributed by atoms with E-state index in [0.717, 1.165) is 17.3 Å². The van der Waals surface area contributed by atoms with Crippen LogP contribution in [0.4, 0.5) is 0 Å². The summed E-state index contributed by atoms with van der Waals surface area (Å²) in [5.41, 5.74) is 2.44. The summed E-state index contributed by atoms with van der Waals surface area (Å²) in [6.45, 7) is 0. The summed E-state index contributed by atoms with van der Waals surface area (Å²) < 4.78 is 0. The molecule has 7 aromatic rings. The van der Waals surface area contributed by atoms with Gasteiger partial charge in [-0.25, -0.2) is 0 Å². The Kier molecular flexibility index (Phi) is 9.46. The minimum atomic E-state index is -2.08. The van der Waals surface area contributed by atoms with Crippen molar-refractivity contribution in [3.63, 3.8) is 0 Å². The highest BCUT2D eigenvalue weighted by molar-refractivity contribution is 7.95. The molecule has 7 rings (SSSR count). The van der Waals surface area contributed by atoms with E-state index in [2.05, 4.69) is 200 Å². The molecular weight excluding hydrogens is 626 g/mol. The average Bonchev–Trinajstić information content (AvgIpc) is 3.16. The van der Waals surface area contributed by atoms with E-state index in [0.29, 0.717) is 0 Å². The zero-order chi connectivity index (χ0) is 31.9. The Hall–Kier alpha value is -4.31. The molecule has 0 heterocycles. The first-order valence-corrected chi connectivity index (χ1v) is 20.4. The van der Waals surface area contributed by atoms with Crippen LogP contribution in [0.3, 0.4) is 0 Å². The molecule has 7 aromatic carbocycles. The summed E-state index contributed by atoms with van der Waals surface area (Å²) >= 11 is 7.39. The van der Waals surface area contributed by atoms with Crippen molar-refractivity contribution in [2.75, 3.05) is 0 Å². The van der Waals surface area contributed by atoms with Crippen LogP contribution in [0.25, 0.3) is 0 Å². The Morgan fingerprint density at radius 1 is 0.319 bits per heavy atom. The molecule has 0 unspecified atom stereocenters. The van der Waals surface area contributed by atoms with Gasteiger partial charge in [-0.1, -0.05) is 133 Å². The van der Waals surface area contributed by atoms with Gasteiger partial charge in [-0.05, 0) is 84.4 Å². The van der Waals surface area contributed by atoms with Crippen molar-refractivity contribution in [2.24, 2.45) is 0 Å². The molecule has 0 nitrogen and oxygen atoms in total. The second kappa shape index (κ2) is 14.2. The molecule has 0 aliphatic carbocycles. The van der Waals surface area contributed by atoms with Gasteiger partial charge in [-0.2, -0.15) is 0 Å². The molecule has 0 aliphatic heterocycles. The van der Waals surface area contributed by atoms with E-state index < -0.39 is 14.5 Å². The summed E-state index contributed by atoms with van der Waals surface area (Å²) in [7, 11) is -4.13. The van der Waals surface area contributed by atoms with Crippen molar-refractivity contribution in [1.29, 1.82) is 0 Å². The molecule has 0 N–H and O–H groups in total. The first-order valence-electron chi connectivity index (χ1n) is 16.1. The number of benzene rings is 7. The first-order chi connectivity index (χ1) is 23.2. The summed E-state index contributed by atoms with van der Waals surface area (Å²) in [6, 6.07) is 73.2. The highest BCUT2D eigenvalue weighted by Crippen LogP contribution is 2.60. The highest BCUT2D eigenvalue weighted by atomic mass is 35.5. The molecule has 0 amide bonds. The zero-order valence-corrected chi connectivity index (χ0v) is 28.8. The second-order valence-electron chi connectivity index (χ2n) is 11.9. The summed E-state index contributed by atoms with van der Waals surface area (Å²) in [5, 5.41) is 9.04. The zero-order valence-electron chi connectivity index (χ0n) is 26.2. The highest BCUT2D eigenvalue weighted by Gasteiger charge is 2.47. The van der Waals surface area contributed by atoms with Crippen molar-refractivity contribution in [2.45, 2.75) is 12.3 Å². The largest absolute Gasteiger partial charge is 0.116 e. The van der Waals surface area contributed by atoms with E-state index in [1.54, 1.807) is 0 Å². The van der Waals surface area contributed by atoms with Crippen LogP contribution in [-0.4, -0.2) is 0 Å².